The zero-order valence-corrected chi connectivity index (χ0v) is 26.0. The molecule has 2 fully saturated rings. The first kappa shape index (κ1) is 33.9. The highest BCUT2D eigenvalue weighted by Gasteiger charge is 2.46. The standard InChI is InChI=1S/C16H17ClN4O4.C13H15N5O4/c1-4-5-23-6-11-13(24-10(3)22)9(2)16(25-11)21-8-20-12-14(17)18-7-19-15(12)21;1-2-3-21-4-7-9(19)10(20)13(22-7)18-6-17-8-11(14)15-5-16-12(8)18/h1,7-9,11,13,16H,5-6H2,2-3H3;1,5-7,9-10,13,19-20H,3-4H2,(H2,14,15,16)/t9-,11?,13+,16-;7?,9-,10-,13-/m11/s1. The number of terminal acetylenes is 2. The highest BCUT2D eigenvalue weighted by Crippen LogP contribution is 2.38. The molecule has 17 nitrogen and oxygen atoms in total. The summed E-state index contributed by atoms with van der Waals surface area (Å²) >= 11 is 6.05. The summed E-state index contributed by atoms with van der Waals surface area (Å²) in [5.74, 6) is 4.40. The van der Waals surface area contributed by atoms with Gasteiger partial charge in [-0.3, -0.25) is 13.9 Å². The number of hydrogen-bond donors (Lipinski definition) is 3. The van der Waals surface area contributed by atoms with E-state index in [-0.39, 0.29) is 49.3 Å². The maximum absolute atomic E-state index is 11.5. The van der Waals surface area contributed by atoms with E-state index in [2.05, 4.69) is 41.7 Å². The van der Waals surface area contributed by atoms with Gasteiger partial charge in [0.05, 0.1) is 25.9 Å². The summed E-state index contributed by atoms with van der Waals surface area (Å²) in [7, 11) is 0. The number of hydrogen-bond acceptors (Lipinski definition) is 15. The fourth-order valence-corrected chi connectivity index (χ4v) is 5.52. The number of nitrogens with zero attached hydrogens (tertiary/aromatic N) is 8. The van der Waals surface area contributed by atoms with Crippen molar-refractivity contribution in [3.63, 3.8) is 0 Å². The molecule has 47 heavy (non-hydrogen) atoms. The molecule has 2 unspecified atom stereocenters. The van der Waals surface area contributed by atoms with E-state index >= 15 is 0 Å². The average molecular weight is 670 g/mol. The lowest BCUT2D eigenvalue weighted by Crippen LogP contribution is -2.34. The molecule has 2 saturated heterocycles. The summed E-state index contributed by atoms with van der Waals surface area (Å²) in [5, 5.41) is 20.5. The molecule has 6 rings (SSSR count). The number of imidazole rings is 2. The maximum atomic E-state index is 11.5. The molecular weight excluding hydrogens is 638 g/mol. The van der Waals surface area contributed by atoms with E-state index < -0.39 is 43.0 Å². The summed E-state index contributed by atoms with van der Waals surface area (Å²) in [6.07, 6.45) is 10.8. The van der Waals surface area contributed by atoms with Gasteiger partial charge in [-0.15, -0.1) is 12.8 Å². The van der Waals surface area contributed by atoms with Crippen molar-refractivity contribution < 1.29 is 38.7 Å². The summed E-state index contributed by atoms with van der Waals surface area (Å²) in [5.41, 5.74) is 7.56. The van der Waals surface area contributed by atoms with Crippen LogP contribution < -0.4 is 5.73 Å². The molecule has 4 aromatic rings. The van der Waals surface area contributed by atoms with Gasteiger partial charge in [0.25, 0.3) is 0 Å². The fourth-order valence-electron chi connectivity index (χ4n) is 5.34. The average Bonchev–Trinajstić information content (AvgIpc) is 3.81. The minimum absolute atomic E-state index is 0.0721. The van der Waals surface area contributed by atoms with Crippen LogP contribution in [0.3, 0.4) is 0 Å². The molecule has 0 saturated carbocycles. The molecule has 0 aliphatic carbocycles. The van der Waals surface area contributed by atoms with Crippen molar-refractivity contribution in [2.45, 2.75) is 56.8 Å². The predicted molar refractivity (Wildman–Crippen MR) is 164 cm³/mol. The Balaban J connectivity index is 0.000000186. The maximum Gasteiger partial charge on any atom is 0.303 e. The van der Waals surface area contributed by atoms with Crippen LogP contribution in [0.4, 0.5) is 5.82 Å². The van der Waals surface area contributed by atoms with Crippen molar-refractivity contribution in [2.24, 2.45) is 5.92 Å². The van der Waals surface area contributed by atoms with Gasteiger partial charge < -0.3 is 39.6 Å². The number of rotatable bonds is 9. The third-order valence-corrected chi connectivity index (χ3v) is 7.75. The van der Waals surface area contributed by atoms with Crippen LogP contribution in [-0.2, 0) is 28.5 Å². The zero-order chi connectivity index (χ0) is 33.7. The van der Waals surface area contributed by atoms with Gasteiger partial charge in [0.1, 0.15) is 73.6 Å². The molecule has 248 valence electrons. The highest BCUT2D eigenvalue weighted by atomic mass is 35.5. The van der Waals surface area contributed by atoms with Crippen molar-refractivity contribution >= 4 is 45.7 Å². The number of nitrogens with two attached hydrogens (primary N) is 1. The molecule has 4 aromatic heterocycles. The minimum atomic E-state index is -1.16. The van der Waals surface area contributed by atoms with E-state index in [1.54, 1.807) is 10.9 Å². The Bertz CT molecular complexity index is 1790. The number of aromatic nitrogens is 8. The molecule has 0 bridgehead atoms. The second-order valence-electron chi connectivity index (χ2n) is 10.6. The van der Waals surface area contributed by atoms with Gasteiger partial charge in [0, 0.05) is 12.8 Å². The number of aliphatic hydroxyl groups excluding tert-OH is 2. The van der Waals surface area contributed by atoms with Crippen LogP contribution in [0.1, 0.15) is 26.3 Å². The summed E-state index contributed by atoms with van der Waals surface area (Å²) in [4.78, 5) is 35.9. The van der Waals surface area contributed by atoms with E-state index in [9.17, 15) is 15.0 Å². The molecule has 0 aromatic carbocycles. The Hall–Kier alpha value is -4.46. The largest absolute Gasteiger partial charge is 0.459 e. The van der Waals surface area contributed by atoms with E-state index in [4.69, 9.17) is 53.9 Å². The van der Waals surface area contributed by atoms with Crippen LogP contribution in [0, 0.1) is 30.6 Å². The molecule has 4 N–H and O–H groups in total. The van der Waals surface area contributed by atoms with Gasteiger partial charge in [-0.1, -0.05) is 30.4 Å². The van der Waals surface area contributed by atoms with Gasteiger partial charge in [-0.05, 0) is 0 Å². The second-order valence-corrected chi connectivity index (χ2v) is 10.9. The van der Waals surface area contributed by atoms with E-state index in [0.29, 0.717) is 22.3 Å². The molecule has 0 spiro atoms. The quantitative estimate of drug-likeness (QED) is 0.0943. The van der Waals surface area contributed by atoms with Crippen molar-refractivity contribution in [2.75, 3.05) is 32.2 Å². The van der Waals surface area contributed by atoms with Gasteiger partial charge in [-0.2, -0.15) is 0 Å². The molecular formula is C29H32ClN9O8. The predicted octanol–water partition coefficient (Wildman–Crippen LogP) is 0.272. The second kappa shape index (κ2) is 15.0. The first-order valence-electron chi connectivity index (χ1n) is 14.3. The Labute approximate surface area is 273 Å². The van der Waals surface area contributed by atoms with Crippen molar-refractivity contribution in [1.82, 2.24) is 39.0 Å². The lowest BCUT2D eigenvalue weighted by molar-refractivity contribution is -0.152. The van der Waals surface area contributed by atoms with Gasteiger partial charge in [0.2, 0.25) is 0 Å². The molecule has 2 aliphatic rings. The van der Waals surface area contributed by atoms with Crippen LogP contribution in [0.15, 0.2) is 25.3 Å². The summed E-state index contributed by atoms with van der Waals surface area (Å²) < 4.78 is 31.0. The first-order valence-corrected chi connectivity index (χ1v) is 14.7. The molecule has 0 amide bonds. The normalized spacial score (nSPS) is 26.9. The number of carbonyl (C=O) groups excluding carboxylic acids is 1. The van der Waals surface area contributed by atoms with Crippen LogP contribution in [0.25, 0.3) is 22.3 Å². The Morgan fingerprint density at radius 2 is 1.49 bits per heavy atom. The number of nitrogen functional groups attached to an aromatic ring is 1. The Kier molecular flexibility index (Phi) is 10.8. The zero-order valence-electron chi connectivity index (χ0n) is 25.3. The molecule has 2 aliphatic heterocycles. The highest BCUT2D eigenvalue weighted by molar-refractivity contribution is 6.33. The van der Waals surface area contributed by atoms with Crippen molar-refractivity contribution in [1.29, 1.82) is 0 Å². The van der Waals surface area contributed by atoms with Crippen molar-refractivity contribution in [3.8, 4) is 24.7 Å². The number of fused-ring (bicyclic) bond motifs is 2. The van der Waals surface area contributed by atoms with Crippen LogP contribution in [0.5, 0.6) is 0 Å². The SMILES string of the molecule is C#CCOCC1O[C@@H](n2cnc3c(Cl)ncnc32)[C@H](C)[C@@H]1OC(C)=O.C#CCOCC1O[C@@H](n2cnc3c(N)ncnc32)[C@H](O)[C@@H]1O. The smallest absolute Gasteiger partial charge is 0.303 e. The number of esters is 1. The minimum Gasteiger partial charge on any atom is -0.459 e. The van der Waals surface area contributed by atoms with E-state index in [1.165, 1.54) is 30.5 Å². The fraction of sp³-hybridized carbons (Fsp3) is 0.483. The molecule has 6 heterocycles. The van der Waals surface area contributed by atoms with Crippen LogP contribution in [0.2, 0.25) is 5.15 Å². The summed E-state index contributed by atoms with van der Waals surface area (Å²) in [6, 6.07) is 0. The van der Waals surface area contributed by atoms with Gasteiger partial charge in [-0.25, -0.2) is 29.9 Å². The third-order valence-electron chi connectivity index (χ3n) is 7.47. The number of carbonyl (C=O) groups is 1. The molecule has 18 heteroatoms. The van der Waals surface area contributed by atoms with Gasteiger partial charge >= 0.3 is 5.97 Å². The number of aliphatic hydroxyl groups is 2. The monoisotopic (exact) mass is 669 g/mol. The first-order chi connectivity index (χ1) is 22.7. The summed E-state index contributed by atoms with van der Waals surface area (Å²) in [6.45, 7) is 3.83. The van der Waals surface area contributed by atoms with Gasteiger partial charge in [0.15, 0.2) is 28.5 Å². The number of ether oxygens (including phenoxy) is 5. The topological polar surface area (TPSA) is 217 Å². The molecule has 0 radical (unpaired) electrons. The van der Waals surface area contributed by atoms with Crippen molar-refractivity contribution in [3.05, 3.63) is 30.5 Å². The number of halogens is 1. The molecule has 8 atom stereocenters. The lowest BCUT2D eigenvalue weighted by Gasteiger charge is -2.20. The van der Waals surface area contributed by atoms with E-state index in [1.807, 2.05) is 6.92 Å². The van der Waals surface area contributed by atoms with Crippen LogP contribution >= 0.6 is 11.6 Å². The Morgan fingerprint density at radius 3 is 2.15 bits per heavy atom. The third kappa shape index (κ3) is 7.11. The Morgan fingerprint density at radius 1 is 0.915 bits per heavy atom. The van der Waals surface area contributed by atoms with Crippen LogP contribution in [-0.4, -0.2) is 112 Å². The number of anilines is 1. The lowest BCUT2D eigenvalue weighted by atomic mass is 10.0. The van der Waals surface area contributed by atoms with E-state index in [0.717, 1.165) is 0 Å².